The summed E-state index contributed by atoms with van der Waals surface area (Å²) in [6.45, 7) is 1.80. The van der Waals surface area contributed by atoms with Gasteiger partial charge in [0.1, 0.15) is 0 Å². The quantitative estimate of drug-likeness (QED) is 0.672. The molecule has 1 amide bonds. The highest BCUT2D eigenvalue weighted by atomic mass is 35.5. The van der Waals surface area contributed by atoms with E-state index in [1.54, 1.807) is 43.3 Å². The molecule has 0 fully saturated rings. The Morgan fingerprint density at radius 3 is 2.35 bits per heavy atom. The van der Waals surface area contributed by atoms with Crippen molar-refractivity contribution in [2.45, 2.75) is 6.92 Å². The van der Waals surface area contributed by atoms with Gasteiger partial charge in [-0.1, -0.05) is 35.3 Å². The molecule has 0 bridgehead atoms. The van der Waals surface area contributed by atoms with Crippen molar-refractivity contribution in [3.05, 3.63) is 69.7 Å². The van der Waals surface area contributed by atoms with Crippen LogP contribution in [0.5, 0.6) is 0 Å². The van der Waals surface area contributed by atoms with Gasteiger partial charge in [-0.25, -0.2) is 5.43 Å². The largest absolute Gasteiger partial charge is 0.271 e. The molecule has 0 aromatic heterocycles. The molecule has 0 saturated heterocycles. The van der Waals surface area contributed by atoms with Crippen molar-refractivity contribution in [3.63, 3.8) is 0 Å². The number of hydrogen-bond acceptors (Lipinski definition) is 2. The molecule has 0 aliphatic rings. The van der Waals surface area contributed by atoms with E-state index in [0.717, 1.165) is 5.56 Å². The van der Waals surface area contributed by atoms with Crippen LogP contribution in [0.25, 0.3) is 0 Å². The van der Waals surface area contributed by atoms with Gasteiger partial charge in [-0.05, 0) is 48.9 Å². The summed E-state index contributed by atoms with van der Waals surface area (Å²) < 4.78 is 0. The first-order valence-electron chi connectivity index (χ1n) is 5.92. The van der Waals surface area contributed by atoms with Crippen LogP contribution in [-0.2, 0) is 0 Å². The summed E-state index contributed by atoms with van der Waals surface area (Å²) >= 11 is 11.7. The van der Waals surface area contributed by atoms with E-state index >= 15 is 0 Å². The van der Waals surface area contributed by atoms with E-state index in [9.17, 15) is 4.79 Å². The Balaban J connectivity index is 2.08. The third-order valence-electron chi connectivity index (χ3n) is 2.67. The van der Waals surface area contributed by atoms with E-state index in [4.69, 9.17) is 23.2 Å². The van der Waals surface area contributed by atoms with Gasteiger partial charge in [0, 0.05) is 15.6 Å². The van der Waals surface area contributed by atoms with Gasteiger partial charge in [0.2, 0.25) is 0 Å². The minimum absolute atomic E-state index is 0.289. The molecule has 2 rings (SSSR count). The summed E-state index contributed by atoms with van der Waals surface area (Å²) in [6, 6.07) is 13.9. The number of halogens is 2. The standard InChI is InChI=1S/C15H12Cl2N2O/c1-10(12-3-2-4-14(17)9-12)18-19-15(20)11-5-7-13(16)8-6-11/h2-9H,1H3,(H,19,20)/b18-10-. The molecule has 102 valence electrons. The Bertz CT molecular complexity index is 651. The zero-order valence-corrected chi connectivity index (χ0v) is 12.2. The Kier molecular flexibility index (Phi) is 4.77. The van der Waals surface area contributed by atoms with E-state index < -0.39 is 0 Å². The zero-order chi connectivity index (χ0) is 14.5. The predicted molar refractivity (Wildman–Crippen MR) is 82.6 cm³/mol. The Morgan fingerprint density at radius 1 is 1.00 bits per heavy atom. The molecule has 0 atom stereocenters. The Morgan fingerprint density at radius 2 is 1.70 bits per heavy atom. The van der Waals surface area contributed by atoms with Crippen molar-refractivity contribution >= 4 is 34.8 Å². The molecule has 0 spiro atoms. The number of hydrogen-bond donors (Lipinski definition) is 1. The van der Waals surface area contributed by atoms with Crippen molar-refractivity contribution in [1.29, 1.82) is 0 Å². The van der Waals surface area contributed by atoms with Crippen LogP contribution >= 0.6 is 23.2 Å². The minimum atomic E-state index is -0.289. The third-order valence-corrected chi connectivity index (χ3v) is 3.16. The van der Waals surface area contributed by atoms with E-state index in [1.807, 2.05) is 12.1 Å². The molecule has 0 aliphatic carbocycles. The van der Waals surface area contributed by atoms with Crippen LogP contribution in [0.2, 0.25) is 10.0 Å². The van der Waals surface area contributed by atoms with Crippen molar-refractivity contribution in [3.8, 4) is 0 Å². The molecule has 0 aliphatic heterocycles. The van der Waals surface area contributed by atoms with Crippen molar-refractivity contribution in [2.75, 3.05) is 0 Å². The summed E-state index contributed by atoms with van der Waals surface area (Å²) in [7, 11) is 0. The number of carbonyl (C=O) groups excluding carboxylic acids is 1. The lowest BCUT2D eigenvalue weighted by Crippen LogP contribution is -2.19. The lowest BCUT2D eigenvalue weighted by molar-refractivity contribution is 0.0955. The lowest BCUT2D eigenvalue weighted by Gasteiger charge is -2.03. The van der Waals surface area contributed by atoms with E-state index in [2.05, 4.69) is 10.5 Å². The summed E-state index contributed by atoms with van der Waals surface area (Å²) in [5.74, 6) is -0.289. The normalized spacial score (nSPS) is 11.2. The first-order chi connectivity index (χ1) is 9.56. The second-order valence-electron chi connectivity index (χ2n) is 4.16. The summed E-state index contributed by atoms with van der Waals surface area (Å²) in [6.07, 6.45) is 0. The fourth-order valence-electron chi connectivity index (χ4n) is 1.58. The molecule has 0 unspecified atom stereocenters. The molecule has 0 heterocycles. The average molecular weight is 307 g/mol. The lowest BCUT2D eigenvalue weighted by atomic mass is 10.1. The molecular weight excluding hydrogens is 295 g/mol. The van der Waals surface area contributed by atoms with Crippen molar-refractivity contribution < 1.29 is 4.79 Å². The summed E-state index contributed by atoms with van der Waals surface area (Å²) in [4.78, 5) is 11.9. The fraction of sp³-hybridized carbons (Fsp3) is 0.0667. The van der Waals surface area contributed by atoms with Gasteiger partial charge in [0.15, 0.2) is 0 Å². The number of nitrogens with one attached hydrogen (secondary N) is 1. The predicted octanol–water partition coefficient (Wildman–Crippen LogP) is 4.15. The Hall–Kier alpha value is -1.84. The highest BCUT2D eigenvalue weighted by Crippen LogP contribution is 2.12. The molecule has 0 radical (unpaired) electrons. The highest BCUT2D eigenvalue weighted by molar-refractivity contribution is 6.31. The van der Waals surface area contributed by atoms with Crippen LogP contribution < -0.4 is 5.43 Å². The van der Waals surface area contributed by atoms with Crippen LogP contribution in [0.1, 0.15) is 22.8 Å². The molecular formula is C15H12Cl2N2O. The topological polar surface area (TPSA) is 41.5 Å². The minimum Gasteiger partial charge on any atom is -0.267 e. The van der Waals surface area contributed by atoms with Gasteiger partial charge in [-0.15, -0.1) is 0 Å². The number of hydrazone groups is 1. The number of amides is 1. The first kappa shape index (κ1) is 14.6. The summed E-state index contributed by atoms with van der Waals surface area (Å²) in [5.41, 5.74) is 4.53. The van der Waals surface area contributed by atoms with Crippen LogP contribution in [0.3, 0.4) is 0 Å². The maximum Gasteiger partial charge on any atom is 0.271 e. The van der Waals surface area contributed by atoms with E-state index in [0.29, 0.717) is 21.3 Å². The van der Waals surface area contributed by atoms with Gasteiger partial charge < -0.3 is 0 Å². The zero-order valence-electron chi connectivity index (χ0n) is 10.7. The fourth-order valence-corrected chi connectivity index (χ4v) is 1.89. The highest BCUT2D eigenvalue weighted by Gasteiger charge is 2.04. The molecule has 3 nitrogen and oxygen atoms in total. The number of carbonyl (C=O) groups is 1. The van der Waals surface area contributed by atoms with Gasteiger partial charge >= 0.3 is 0 Å². The molecule has 2 aromatic carbocycles. The van der Waals surface area contributed by atoms with Crippen LogP contribution in [-0.4, -0.2) is 11.6 Å². The second-order valence-corrected chi connectivity index (χ2v) is 5.03. The molecule has 1 N–H and O–H groups in total. The maximum absolute atomic E-state index is 11.9. The smallest absolute Gasteiger partial charge is 0.267 e. The molecule has 0 saturated carbocycles. The molecule has 5 heteroatoms. The number of nitrogens with zero attached hydrogens (tertiary/aromatic N) is 1. The summed E-state index contributed by atoms with van der Waals surface area (Å²) in [5, 5.41) is 5.27. The van der Waals surface area contributed by atoms with E-state index in [-0.39, 0.29) is 5.91 Å². The van der Waals surface area contributed by atoms with Gasteiger partial charge in [0.05, 0.1) is 5.71 Å². The Labute approximate surface area is 127 Å². The van der Waals surface area contributed by atoms with Crippen molar-refractivity contribution in [2.24, 2.45) is 5.10 Å². The number of rotatable bonds is 3. The van der Waals surface area contributed by atoms with Gasteiger partial charge in [0.25, 0.3) is 5.91 Å². The monoisotopic (exact) mass is 306 g/mol. The first-order valence-corrected chi connectivity index (χ1v) is 6.68. The maximum atomic E-state index is 11.9. The van der Waals surface area contributed by atoms with E-state index in [1.165, 1.54) is 0 Å². The van der Waals surface area contributed by atoms with Crippen LogP contribution in [0, 0.1) is 0 Å². The third kappa shape index (κ3) is 3.83. The molecule has 2 aromatic rings. The van der Waals surface area contributed by atoms with Crippen molar-refractivity contribution in [1.82, 2.24) is 5.43 Å². The van der Waals surface area contributed by atoms with Gasteiger partial charge in [-0.2, -0.15) is 5.10 Å². The number of benzene rings is 2. The van der Waals surface area contributed by atoms with Crippen LogP contribution in [0.15, 0.2) is 53.6 Å². The van der Waals surface area contributed by atoms with Crippen LogP contribution in [0.4, 0.5) is 0 Å². The average Bonchev–Trinajstić information content (AvgIpc) is 2.45. The second kappa shape index (κ2) is 6.55. The SMILES string of the molecule is C/C(=N/NC(=O)c1ccc(Cl)cc1)c1cccc(Cl)c1. The van der Waals surface area contributed by atoms with Gasteiger partial charge in [-0.3, -0.25) is 4.79 Å². The molecule has 20 heavy (non-hydrogen) atoms.